The molecule has 37 heavy (non-hydrogen) atoms. The Morgan fingerprint density at radius 3 is 2.49 bits per heavy atom. The molecule has 2 heterocycles. The van der Waals surface area contributed by atoms with Crippen molar-refractivity contribution < 1.29 is 18.4 Å². The van der Waals surface area contributed by atoms with Crippen molar-refractivity contribution >= 4 is 40.5 Å². The molecule has 186 valence electrons. The summed E-state index contributed by atoms with van der Waals surface area (Å²) in [4.78, 5) is 33.4. The molecular formula is C27H21F2N5O2S. The van der Waals surface area contributed by atoms with E-state index in [9.17, 15) is 19.2 Å². The van der Waals surface area contributed by atoms with Gasteiger partial charge in [0.1, 0.15) is 28.9 Å². The lowest BCUT2D eigenvalue weighted by Crippen LogP contribution is -2.55. The minimum Gasteiger partial charge on any atom is -0.348 e. The Hall–Kier alpha value is -4.23. The number of carbonyl (C=O) groups excluding carboxylic acids is 2. The molecule has 2 fully saturated rings. The van der Waals surface area contributed by atoms with Gasteiger partial charge in [-0.25, -0.2) is 13.8 Å². The van der Waals surface area contributed by atoms with Crippen molar-refractivity contribution in [2.45, 2.75) is 38.3 Å². The first-order valence-electron chi connectivity index (χ1n) is 11.6. The molecule has 7 nitrogen and oxygen atoms in total. The highest BCUT2D eigenvalue weighted by molar-refractivity contribution is 7.81. The van der Waals surface area contributed by atoms with Gasteiger partial charge in [0, 0.05) is 12.2 Å². The molecule has 1 aromatic heterocycles. The van der Waals surface area contributed by atoms with E-state index in [4.69, 9.17) is 12.2 Å². The third kappa shape index (κ3) is 4.11. The Kier molecular flexibility index (Phi) is 6.17. The Morgan fingerprint density at radius 2 is 1.89 bits per heavy atom. The summed E-state index contributed by atoms with van der Waals surface area (Å²) in [5, 5.41) is 12.0. The number of rotatable bonds is 5. The fourth-order valence-electron chi connectivity index (χ4n) is 4.71. The first kappa shape index (κ1) is 24.5. The SMILES string of the molecule is Cc1cc(N2C(=O)C3(CCC3)N(c3ccc(C(=O)NCc4ccc(F)cc4)c(F)c3)C2=S)cnc1C#N. The number of hydrogen-bond donors (Lipinski definition) is 1. The maximum atomic E-state index is 15.2. The van der Waals surface area contributed by atoms with Gasteiger partial charge in [-0.2, -0.15) is 5.26 Å². The van der Waals surface area contributed by atoms with E-state index in [1.54, 1.807) is 24.0 Å². The van der Waals surface area contributed by atoms with Crippen LogP contribution in [-0.2, 0) is 11.3 Å². The Balaban J connectivity index is 1.41. The lowest BCUT2D eigenvalue weighted by atomic mass is 9.75. The van der Waals surface area contributed by atoms with E-state index in [1.807, 2.05) is 6.07 Å². The number of nitrogens with one attached hydrogen (secondary N) is 1. The summed E-state index contributed by atoms with van der Waals surface area (Å²) in [5.41, 5.74) is 1.26. The van der Waals surface area contributed by atoms with Gasteiger partial charge in [0.15, 0.2) is 5.11 Å². The molecule has 1 spiro atoms. The number of pyridine rings is 1. The Labute approximate surface area is 217 Å². The van der Waals surface area contributed by atoms with Gasteiger partial charge >= 0.3 is 0 Å². The predicted molar refractivity (Wildman–Crippen MR) is 137 cm³/mol. The summed E-state index contributed by atoms with van der Waals surface area (Å²) in [7, 11) is 0. The van der Waals surface area contributed by atoms with E-state index in [0.717, 1.165) is 6.42 Å². The molecule has 2 aromatic carbocycles. The minimum atomic E-state index is -0.933. The number of halogens is 2. The highest BCUT2D eigenvalue weighted by atomic mass is 32.1. The molecule has 2 amide bonds. The van der Waals surface area contributed by atoms with Gasteiger partial charge in [0.2, 0.25) is 0 Å². The van der Waals surface area contributed by atoms with Crippen molar-refractivity contribution in [3.05, 3.63) is 88.7 Å². The second-order valence-electron chi connectivity index (χ2n) is 9.09. The summed E-state index contributed by atoms with van der Waals surface area (Å²) in [5.74, 6) is -1.99. The van der Waals surface area contributed by atoms with Crippen LogP contribution in [0.15, 0.2) is 54.7 Å². The normalized spacial score (nSPS) is 16.1. The van der Waals surface area contributed by atoms with Crippen LogP contribution in [0.2, 0.25) is 0 Å². The zero-order chi connectivity index (χ0) is 26.3. The lowest BCUT2D eigenvalue weighted by molar-refractivity contribution is -0.123. The first-order chi connectivity index (χ1) is 17.7. The fraction of sp³-hybridized carbons (Fsp3) is 0.222. The van der Waals surface area contributed by atoms with Gasteiger partial charge in [0.05, 0.1) is 17.4 Å². The second-order valence-corrected chi connectivity index (χ2v) is 9.45. The zero-order valence-electron chi connectivity index (χ0n) is 19.8. The molecule has 2 aliphatic rings. The van der Waals surface area contributed by atoms with Crippen LogP contribution < -0.4 is 15.1 Å². The Bertz CT molecular complexity index is 1480. The molecule has 0 bridgehead atoms. The van der Waals surface area contributed by atoms with Crippen molar-refractivity contribution in [1.82, 2.24) is 10.3 Å². The predicted octanol–water partition coefficient (Wildman–Crippen LogP) is 4.53. The van der Waals surface area contributed by atoms with Gasteiger partial charge in [-0.05, 0) is 85.9 Å². The second kappa shape index (κ2) is 9.33. The van der Waals surface area contributed by atoms with Gasteiger partial charge in [0.25, 0.3) is 11.8 Å². The maximum Gasteiger partial charge on any atom is 0.259 e. The topological polar surface area (TPSA) is 89.3 Å². The fourth-order valence-corrected chi connectivity index (χ4v) is 5.18. The number of anilines is 2. The molecule has 1 aliphatic heterocycles. The molecule has 5 rings (SSSR count). The van der Waals surface area contributed by atoms with E-state index >= 15 is 4.39 Å². The average molecular weight is 518 g/mol. The van der Waals surface area contributed by atoms with Crippen molar-refractivity contribution in [1.29, 1.82) is 5.26 Å². The number of amides is 2. The van der Waals surface area contributed by atoms with Gasteiger partial charge < -0.3 is 10.2 Å². The largest absolute Gasteiger partial charge is 0.348 e. The number of thiocarbonyl (C=S) groups is 1. The molecule has 1 aliphatic carbocycles. The monoisotopic (exact) mass is 517 g/mol. The van der Waals surface area contributed by atoms with E-state index in [-0.39, 0.29) is 34.6 Å². The molecule has 0 radical (unpaired) electrons. The quantitative estimate of drug-likeness (QED) is 0.501. The smallest absolute Gasteiger partial charge is 0.259 e. The standard InChI is InChI=1S/C27H21F2N5O2S/c1-16-11-20(15-31-23(16)13-30)33-25(36)27(9-2-10-27)34(26(33)37)19-7-8-21(22(29)12-19)24(35)32-14-17-3-5-18(28)6-4-17/h3-8,11-12,15H,2,9-10,14H2,1H3,(H,32,35). The van der Waals surface area contributed by atoms with Crippen LogP contribution in [-0.4, -0.2) is 27.4 Å². The lowest BCUT2D eigenvalue weighted by Gasteiger charge is -2.43. The average Bonchev–Trinajstić information content (AvgIpc) is 3.10. The number of hydrogen-bond acceptors (Lipinski definition) is 5. The number of nitrogens with zero attached hydrogens (tertiary/aromatic N) is 4. The molecule has 0 unspecified atom stereocenters. The van der Waals surface area contributed by atoms with Crippen molar-refractivity contribution in [3.63, 3.8) is 0 Å². The third-order valence-corrected chi connectivity index (χ3v) is 7.21. The summed E-state index contributed by atoms with van der Waals surface area (Å²) in [6.45, 7) is 1.84. The minimum absolute atomic E-state index is 0.112. The zero-order valence-corrected chi connectivity index (χ0v) is 20.6. The molecule has 3 aromatic rings. The number of benzene rings is 2. The van der Waals surface area contributed by atoms with Crippen molar-refractivity contribution in [3.8, 4) is 6.07 Å². The highest BCUT2D eigenvalue weighted by Gasteiger charge is 2.59. The molecule has 0 atom stereocenters. The van der Waals surface area contributed by atoms with Crippen LogP contribution in [0.3, 0.4) is 0 Å². The number of nitriles is 1. The highest BCUT2D eigenvalue weighted by Crippen LogP contribution is 2.48. The number of aryl methyl sites for hydroxylation is 1. The molecule has 1 saturated carbocycles. The van der Waals surface area contributed by atoms with Crippen molar-refractivity contribution in [2.24, 2.45) is 0 Å². The number of carbonyl (C=O) groups is 2. The third-order valence-electron chi connectivity index (χ3n) is 6.84. The summed E-state index contributed by atoms with van der Waals surface area (Å²) in [6, 6.07) is 13.5. The van der Waals surface area contributed by atoms with Gasteiger partial charge in [-0.1, -0.05) is 12.1 Å². The van der Waals surface area contributed by atoms with Crippen LogP contribution in [0.4, 0.5) is 20.2 Å². The van der Waals surface area contributed by atoms with E-state index in [2.05, 4.69) is 10.3 Å². The Morgan fingerprint density at radius 1 is 1.16 bits per heavy atom. The summed E-state index contributed by atoms with van der Waals surface area (Å²) < 4.78 is 28.3. The maximum absolute atomic E-state index is 15.2. The molecule has 10 heteroatoms. The van der Waals surface area contributed by atoms with Crippen LogP contribution >= 0.6 is 12.2 Å². The van der Waals surface area contributed by atoms with Crippen molar-refractivity contribution in [2.75, 3.05) is 9.80 Å². The molecular weight excluding hydrogens is 496 g/mol. The number of aromatic nitrogens is 1. The van der Waals surface area contributed by atoms with E-state index in [0.29, 0.717) is 35.3 Å². The van der Waals surface area contributed by atoms with E-state index in [1.165, 1.54) is 47.5 Å². The first-order valence-corrected chi connectivity index (χ1v) is 12.0. The van der Waals surface area contributed by atoms with E-state index < -0.39 is 17.3 Å². The summed E-state index contributed by atoms with van der Waals surface area (Å²) >= 11 is 5.70. The van der Waals surface area contributed by atoms with Crippen LogP contribution in [0.1, 0.15) is 46.4 Å². The van der Waals surface area contributed by atoms with Crippen LogP contribution in [0, 0.1) is 29.9 Å². The van der Waals surface area contributed by atoms with Gasteiger partial charge in [-0.3, -0.25) is 14.5 Å². The van der Waals surface area contributed by atoms with Gasteiger partial charge in [-0.15, -0.1) is 0 Å². The van der Waals surface area contributed by atoms with Crippen LogP contribution in [0.5, 0.6) is 0 Å². The molecule has 1 N–H and O–H groups in total. The molecule has 1 saturated heterocycles. The summed E-state index contributed by atoms with van der Waals surface area (Å²) in [6.07, 6.45) is 3.34. The van der Waals surface area contributed by atoms with Crippen LogP contribution in [0.25, 0.3) is 0 Å².